The Labute approximate surface area is 152 Å². The summed E-state index contributed by atoms with van der Waals surface area (Å²) in [5, 5.41) is 2.65. The number of nitrogens with one attached hydrogen (secondary N) is 1. The molecule has 0 aliphatic rings. The van der Waals surface area contributed by atoms with Gasteiger partial charge in [0, 0.05) is 6.54 Å². The minimum Gasteiger partial charge on any atom is -0.484 e. The lowest BCUT2D eigenvalue weighted by molar-refractivity contribution is -0.124. The monoisotopic (exact) mass is 358 g/mol. The van der Waals surface area contributed by atoms with E-state index in [1.807, 2.05) is 24.3 Å². The molecule has 0 saturated carbocycles. The number of amides is 2. The predicted octanol–water partition coefficient (Wildman–Crippen LogP) is 2.23. The lowest BCUT2D eigenvalue weighted by atomic mass is 9.98. The van der Waals surface area contributed by atoms with Crippen LogP contribution in [0.25, 0.3) is 0 Å². The molecule has 1 atom stereocenters. The van der Waals surface area contributed by atoms with Crippen LogP contribution in [-0.2, 0) is 22.4 Å². The molecule has 0 fully saturated rings. The average molecular weight is 358 g/mol. The van der Waals surface area contributed by atoms with Crippen molar-refractivity contribution >= 4 is 11.8 Å². The summed E-state index contributed by atoms with van der Waals surface area (Å²) < 4.78 is 18.4. The molecule has 0 bridgehead atoms. The maximum absolute atomic E-state index is 12.9. The summed E-state index contributed by atoms with van der Waals surface area (Å²) in [5.41, 5.74) is 7.36. The summed E-state index contributed by atoms with van der Waals surface area (Å²) in [7, 11) is 0. The number of aryl methyl sites for hydroxylation is 1. The van der Waals surface area contributed by atoms with Crippen molar-refractivity contribution in [3.05, 3.63) is 65.5 Å². The second-order valence-electron chi connectivity index (χ2n) is 6.02. The van der Waals surface area contributed by atoms with Gasteiger partial charge in [-0.25, -0.2) is 4.39 Å². The van der Waals surface area contributed by atoms with Gasteiger partial charge in [-0.2, -0.15) is 0 Å². The van der Waals surface area contributed by atoms with Crippen molar-refractivity contribution in [2.75, 3.05) is 13.2 Å². The van der Waals surface area contributed by atoms with Gasteiger partial charge in [-0.15, -0.1) is 0 Å². The first-order valence-electron chi connectivity index (χ1n) is 8.50. The van der Waals surface area contributed by atoms with Crippen LogP contribution >= 0.6 is 0 Å². The molecular weight excluding hydrogens is 335 g/mol. The Kier molecular flexibility index (Phi) is 7.14. The highest BCUT2D eigenvalue weighted by atomic mass is 19.1. The predicted molar refractivity (Wildman–Crippen MR) is 97.1 cm³/mol. The Hall–Kier alpha value is -2.89. The van der Waals surface area contributed by atoms with Crippen LogP contribution in [-0.4, -0.2) is 25.0 Å². The van der Waals surface area contributed by atoms with Crippen molar-refractivity contribution in [3.8, 4) is 5.75 Å². The number of benzene rings is 2. The fraction of sp³-hybridized carbons (Fsp3) is 0.300. The van der Waals surface area contributed by atoms with Crippen LogP contribution in [0.15, 0.2) is 48.5 Å². The molecule has 2 amide bonds. The topological polar surface area (TPSA) is 81.4 Å². The van der Waals surface area contributed by atoms with E-state index >= 15 is 0 Å². The first-order chi connectivity index (χ1) is 12.5. The third-order valence-electron chi connectivity index (χ3n) is 4.04. The van der Waals surface area contributed by atoms with E-state index < -0.39 is 11.8 Å². The van der Waals surface area contributed by atoms with Crippen LogP contribution in [0.5, 0.6) is 5.75 Å². The molecule has 2 aromatic rings. The molecule has 0 aliphatic heterocycles. The average Bonchev–Trinajstić information content (AvgIpc) is 2.65. The molecule has 1 unspecified atom stereocenters. The van der Waals surface area contributed by atoms with Gasteiger partial charge in [-0.3, -0.25) is 9.59 Å². The molecule has 0 aromatic heterocycles. The highest BCUT2D eigenvalue weighted by molar-refractivity contribution is 5.80. The Balaban J connectivity index is 1.80. The molecule has 3 N–H and O–H groups in total. The van der Waals surface area contributed by atoms with Gasteiger partial charge in [0.25, 0.3) is 5.91 Å². The summed E-state index contributed by atoms with van der Waals surface area (Å²) in [6.45, 7) is 2.02. The van der Waals surface area contributed by atoms with E-state index in [9.17, 15) is 14.0 Å². The molecule has 2 rings (SSSR count). The minimum atomic E-state index is -0.576. The van der Waals surface area contributed by atoms with E-state index in [1.54, 1.807) is 12.1 Å². The van der Waals surface area contributed by atoms with Crippen LogP contribution < -0.4 is 15.8 Å². The van der Waals surface area contributed by atoms with Crippen LogP contribution in [0, 0.1) is 11.7 Å². The van der Waals surface area contributed by atoms with Crippen molar-refractivity contribution in [1.29, 1.82) is 0 Å². The molecule has 6 heteroatoms. The lowest BCUT2D eigenvalue weighted by Gasteiger charge is -2.15. The van der Waals surface area contributed by atoms with Crippen molar-refractivity contribution < 1.29 is 18.7 Å². The zero-order chi connectivity index (χ0) is 18.9. The number of halogens is 1. The highest BCUT2D eigenvalue weighted by Crippen LogP contribution is 2.12. The molecule has 0 heterocycles. The number of ether oxygens (including phenoxy) is 1. The highest BCUT2D eigenvalue weighted by Gasteiger charge is 2.17. The minimum absolute atomic E-state index is 0.101. The third kappa shape index (κ3) is 6.20. The zero-order valence-corrected chi connectivity index (χ0v) is 14.7. The van der Waals surface area contributed by atoms with Gasteiger partial charge in [-0.05, 0) is 48.2 Å². The summed E-state index contributed by atoms with van der Waals surface area (Å²) in [4.78, 5) is 23.5. The van der Waals surface area contributed by atoms with Gasteiger partial charge >= 0.3 is 0 Å². The number of rotatable bonds is 9. The van der Waals surface area contributed by atoms with Gasteiger partial charge in [0.1, 0.15) is 11.6 Å². The SMILES string of the molecule is CCc1ccc(OCC(=O)NCC(Cc2ccc(F)cc2)C(N)=O)cc1. The van der Waals surface area contributed by atoms with Gasteiger partial charge < -0.3 is 15.8 Å². The van der Waals surface area contributed by atoms with Crippen LogP contribution in [0.1, 0.15) is 18.1 Å². The van der Waals surface area contributed by atoms with E-state index in [1.165, 1.54) is 17.7 Å². The Morgan fingerprint density at radius 1 is 1.08 bits per heavy atom. The Bertz CT molecular complexity index is 730. The van der Waals surface area contributed by atoms with Gasteiger partial charge in [0.15, 0.2) is 6.61 Å². The van der Waals surface area contributed by atoms with Crippen molar-refractivity contribution in [2.45, 2.75) is 19.8 Å². The first kappa shape index (κ1) is 19.4. The zero-order valence-electron chi connectivity index (χ0n) is 14.7. The number of hydrogen-bond donors (Lipinski definition) is 2. The lowest BCUT2D eigenvalue weighted by Crippen LogP contribution is -2.39. The maximum atomic E-state index is 12.9. The van der Waals surface area contributed by atoms with Crippen molar-refractivity contribution in [1.82, 2.24) is 5.32 Å². The fourth-order valence-corrected chi connectivity index (χ4v) is 2.44. The Morgan fingerprint density at radius 2 is 1.69 bits per heavy atom. The Morgan fingerprint density at radius 3 is 2.27 bits per heavy atom. The van der Waals surface area contributed by atoms with E-state index in [0.717, 1.165) is 12.0 Å². The van der Waals surface area contributed by atoms with Gasteiger partial charge in [0.05, 0.1) is 5.92 Å². The van der Waals surface area contributed by atoms with E-state index in [2.05, 4.69) is 12.2 Å². The maximum Gasteiger partial charge on any atom is 0.257 e. The van der Waals surface area contributed by atoms with Crippen LogP contribution in [0.3, 0.4) is 0 Å². The van der Waals surface area contributed by atoms with Gasteiger partial charge in [0.2, 0.25) is 5.91 Å². The number of primary amides is 1. The number of carbonyl (C=O) groups is 2. The van der Waals surface area contributed by atoms with E-state index in [-0.39, 0.29) is 24.9 Å². The summed E-state index contributed by atoms with van der Waals surface area (Å²) in [6.07, 6.45) is 1.26. The second-order valence-corrected chi connectivity index (χ2v) is 6.02. The standard InChI is InChI=1S/C20H23FN2O3/c1-2-14-5-9-18(10-6-14)26-13-19(24)23-12-16(20(22)25)11-15-3-7-17(21)8-4-15/h3-10,16H,2,11-13H2,1H3,(H2,22,25)(H,23,24). The number of nitrogens with two attached hydrogens (primary N) is 1. The second kappa shape index (κ2) is 9.56. The van der Waals surface area contributed by atoms with Crippen molar-refractivity contribution in [2.24, 2.45) is 11.7 Å². The summed E-state index contributed by atoms with van der Waals surface area (Å²) in [5.74, 6) is -1.18. The molecule has 0 radical (unpaired) electrons. The van der Waals surface area contributed by atoms with Gasteiger partial charge in [-0.1, -0.05) is 31.2 Å². The molecule has 138 valence electrons. The molecule has 0 saturated heterocycles. The van der Waals surface area contributed by atoms with E-state index in [4.69, 9.17) is 10.5 Å². The quantitative estimate of drug-likeness (QED) is 0.721. The van der Waals surface area contributed by atoms with Crippen molar-refractivity contribution in [3.63, 3.8) is 0 Å². The molecule has 0 spiro atoms. The number of carbonyl (C=O) groups excluding carboxylic acids is 2. The number of hydrogen-bond acceptors (Lipinski definition) is 3. The molecule has 26 heavy (non-hydrogen) atoms. The normalized spacial score (nSPS) is 11.6. The summed E-state index contributed by atoms with van der Waals surface area (Å²) >= 11 is 0. The third-order valence-corrected chi connectivity index (χ3v) is 4.04. The smallest absolute Gasteiger partial charge is 0.257 e. The van der Waals surface area contributed by atoms with Crippen LogP contribution in [0.2, 0.25) is 0 Å². The fourth-order valence-electron chi connectivity index (χ4n) is 2.44. The summed E-state index contributed by atoms with van der Waals surface area (Å²) in [6, 6.07) is 13.3. The van der Waals surface area contributed by atoms with Crippen LogP contribution in [0.4, 0.5) is 4.39 Å². The largest absolute Gasteiger partial charge is 0.484 e. The molecule has 0 aliphatic carbocycles. The van der Waals surface area contributed by atoms with E-state index in [0.29, 0.717) is 12.2 Å². The first-order valence-corrected chi connectivity index (χ1v) is 8.50. The molecule has 2 aromatic carbocycles. The molecule has 5 nitrogen and oxygen atoms in total. The molecular formula is C20H23FN2O3.